The van der Waals surface area contributed by atoms with E-state index in [1.165, 1.54) is 0 Å². The van der Waals surface area contributed by atoms with Gasteiger partial charge in [0.15, 0.2) is 0 Å². The van der Waals surface area contributed by atoms with E-state index in [9.17, 15) is 4.79 Å². The Morgan fingerprint density at radius 2 is 1.96 bits per heavy atom. The van der Waals surface area contributed by atoms with Gasteiger partial charge >= 0.3 is 0 Å². The number of piperidine rings is 1. The highest BCUT2D eigenvalue weighted by molar-refractivity contribution is 5.83. The molecule has 6 nitrogen and oxygen atoms in total. The first-order valence-corrected chi connectivity index (χ1v) is 8.87. The van der Waals surface area contributed by atoms with Gasteiger partial charge in [0.25, 0.3) is 0 Å². The van der Waals surface area contributed by atoms with Crippen LogP contribution in [0.4, 0.5) is 0 Å². The Morgan fingerprint density at radius 3 is 2.56 bits per heavy atom. The van der Waals surface area contributed by atoms with Crippen LogP contribution >= 0.6 is 0 Å². The van der Waals surface area contributed by atoms with E-state index in [1.54, 1.807) is 0 Å². The van der Waals surface area contributed by atoms with Crippen LogP contribution in [0.15, 0.2) is 30.3 Å². The summed E-state index contributed by atoms with van der Waals surface area (Å²) in [6.45, 7) is 5.39. The number of amides is 1. The molecule has 2 unspecified atom stereocenters. The third-order valence-electron chi connectivity index (χ3n) is 4.83. The summed E-state index contributed by atoms with van der Waals surface area (Å²) in [5.74, 6) is 1.87. The second-order valence-corrected chi connectivity index (χ2v) is 7.01. The Kier molecular flexibility index (Phi) is 5.18. The summed E-state index contributed by atoms with van der Waals surface area (Å²) in [6.07, 6.45) is 2.02. The van der Waals surface area contributed by atoms with Crippen molar-refractivity contribution < 1.29 is 4.79 Å². The minimum absolute atomic E-state index is 0.162. The molecule has 3 rings (SSSR count). The van der Waals surface area contributed by atoms with Crippen LogP contribution in [0, 0.1) is 13.8 Å². The van der Waals surface area contributed by atoms with Gasteiger partial charge < -0.3 is 4.90 Å². The van der Waals surface area contributed by atoms with Crippen molar-refractivity contribution in [1.29, 1.82) is 0 Å². The van der Waals surface area contributed by atoms with Gasteiger partial charge in [-0.1, -0.05) is 30.3 Å². The quantitative estimate of drug-likeness (QED) is 0.857. The maximum Gasteiger partial charge on any atom is 0.244 e. The molecule has 2 aromatic rings. The zero-order valence-electron chi connectivity index (χ0n) is 15.5. The van der Waals surface area contributed by atoms with Gasteiger partial charge in [0.2, 0.25) is 5.91 Å². The zero-order chi connectivity index (χ0) is 18.0. The predicted molar refractivity (Wildman–Crippen MR) is 97.2 cm³/mol. The van der Waals surface area contributed by atoms with Crippen molar-refractivity contribution in [1.82, 2.24) is 24.6 Å². The number of rotatable bonds is 4. The van der Waals surface area contributed by atoms with Crippen molar-refractivity contribution in [2.45, 2.75) is 38.8 Å². The molecule has 1 aliphatic rings. The second kappa shape index (κ2) is 7.35. The molecule has 0 N–H and O–H groups in total. The minimum Gasteiger partial charge on any atom is -0.339 e. The standard InChI is InChI=1S/C19H27N5O/c1-14-20-15(2)24(21-14)17-11-8-12-23(13-17)19(25)18(22(3)4)16-9-6-5-7-10-16/h5-7,9-10,17-18H,8,11-13H2,1-4H3. The highest BCUT2D eigenvalue weighted by Crippen LogP contribution is 2.27. The van der Waals surface area contributed by atoms with Crippen LogP contribution in [-0.4, -0.2) is 57.7 Å². The smallest absolute Gasteiger partial charge is 0.244 e. The van der Waals surface area contributed by atoms with E-state index in [2.05, 4.69) is 10.1 Å². The Labute approximate surface area is 149 Å². The lowest BCUT2D eigenvalue weighted by Crippen LogP contribution is -2.46. The summed E-state index contributed by atoms with van der Waals surface area (Å²) >= 11 is 0. The van der Waals surface area contributed by atoms with Gasteiger partial charge in [-0.2, -0.15) is 5.10 Å². The van der Waals surface area contributed by atoms with Gasteiger partial charge in [0.1, 0.15) is 17.7 Å². The summed E-state index contributed by atoms with van der Waals surface area (Å²) < 4.78 is 1.99. The third kappa shape index (κ3) is 3.74. The maximum atomic E-state index is 13.2. The van der Waals surface area contributed by atoms with Crippen LogP contribution in [-0.2, 0) is 4.79 Å². The van der Waals surface area contributed by atoms with Crippen molar-refractivity contribution in [2.75, 3.05) is 27.2 Å². The first-order chi connectivity index (χ1) is 12.0. The molecule has 0 aliphatic carbocycles. The highest BCUT2D eigenvalue weighted by atomic mass is 16.2. The zero-order valence-corrected chi connectivity index (χ0v) is 15.5. The fourth-order valence-electron chi connectivity index (χ4n) is 3.71. The predicted octanol–water partition coefficient (Wildman–Crippen LogP) is 2.36. The molecule has 1 fully saturated rings. The van der Waals surface area contributed by atoms with Crippen molar-refractivity contribution in [3.63, 3.8) is 0 Å². The molecule has 1 aromatic heterocycles. The molecule has 1 saturated heterocycles. The average Bonchev–Trinajstić information content (AvgIpc) is 2.94. The molecule has 1 aliphatic heterocycles. The average molecular weight is 341 g/mol. The van der Waals surface area contributed by atoms with Crippen LogP contribution in [0.3, 0.4) is 0 Å². The van der Waals surface area contributed by atoms with Crippen molar-refractivity contribution in [3.8, 4) is 0 Å². The van der Waals surface area contributed by atoms with E-state index in [4.69, 9.17) is 0 Å². The Morgan fingerprint density at radius 1 is 1.24 bits per heavy atom. The van der Waals surface area contributed by atoms with Gasteiger partial charge in [-0.05, 0) is 46.3 Å². The van der Waals surface area contributed by atoms with Crippen LogP contribution in [0.2, 0.25) is 0 Å². The molecule has 1 aromatic carbocycles. The number of hydrogen-bond acceptors (Lipinski definition) is 4. The summed E-state index contributed by atoms with van der Waals surface area (Å²) in [5, 5.41) is 4.52. The molecule has 2 atom stereocenters. The molecule has 0 spiro atoms. The van der Waals surface area contributed by atoms with E-state index < -0.39 is 0 Å². The molecule has 25 heavy (non-hydrogen) atoms. The van der Waals surface area contributed by atoms with Gasteiger partial charge in [0, 0.05) is 13.1 Å². The molecular weight excluding hydrogens is 314 g/mol. The molecule has 0 radical (unpaired) electrons. The molecular formula is C19H27N5O. The van der Waals surface area contributed by atoms with Crippen LogP contribution in [0.1, 0.15) is 42.1 Å². The molecule has 2 heterocycles. The number of aryl methyl sites for hydroxylation is 2. The number of hydrogen-bond donors (Lipinski definition) is 0. The van der Waals surface area contributed by atoms with Gasteiger partial charge in [-0.15, -0.1) is 0 Å². The third-order valence-corrected chi connectivity index (χ3v) is 4.83. The maximum absolute atomic E-state index is 13.2. The molecule has 0 bridgehead atoms. The molecule has 1 amide bonds. The minimum atomic E-state index is -0.251. The van der Waals surface area contributed by atoms with Crippen molar-refractivity contribution in [2.24, 2.45) is 0 Å². The highest BCUT2D eigenvalue weighted by Gasteiger charge is 2.32. The van der Waals surface area contributed by atoms with Crippen molar-refractivity contribution in [3.05, 3.63) is 47.5 Å². The van der Waals surface area contributed by atoms with Crippen LogP contribution in [0.25, 0.3) is 0 Å². The Hall–Kier alpha value is -2.21. The van der Waals surface area contributed by atoms with Gasteiger partial charge in [-0.3, -0.25) is 9.69 Å². The van der Waals surface area contributed by atoms with E-state index in [0.29, 0.717) is 6.54 Å². The van der Waals surface area contributed by atoms with Gasteiger partial charge in [-0.25, -0.2) is 9.67 Å². The molecule has 0 saturated carbocycles. The largest absolute Gasteiger partial charge is 0.339 e. The fraction of sp³-hybridized carbons (Fsp3) is 0.526. The lowest BCUT2D eigenvalue weighted by atomic mass is 10.0. The van der Waals surface area contributed by atoms with E-state index in [-0.39, 0.29) is 18.0 Å². The van der Waals surface area contributed by atoms with E-state index in [1.807, 2.05) is 72.8 Å². The normalized spacial score (nSPS) is 19.2. The lowest BCUT2D eigenvalue weighted by Gasteiger charge is -2.36. The number of nitrogens with zero attached hydrogens (tertiary/aromatic N) is 5. The first-order valence-electron chi connectivity index (χ1n) is 8.87. The molecule has 6 heteroatoms. The van der Waals surface area contributed by atoms with Crippen LogP contribution < -0.4 is 0 Å². The first kappa shape index (κ1) is 17.6. The monoisotopic (exact) mass is 341 g/mol. The fourth-order valence-corrected chi connectivity index (χ4v) is 3.71. The number of benzene rings is 1. The van der Waals surface area contributed by atoms with Gasteiger partial charge in [0.05, 0.1) is 6.04 Å². The summed E-state index contributed by atoms with van der Waals surface area (Å²) in [6, 6.07) is 9.95. The summed E-state index contributed by atoms with van der Waals surface area (Å²) in [5.41, 5.74) is 1.03. The molecule has 134 valence electrons. The Balaban J connectivity index is 1.80. The summed E-state index contributed by atoms with van der Waals surface area (Å²) in [4.78, 5) is 21.6. The number of likely N-dealkylation sites (N-methyl/N-ethyl adjacent to an activating group) is 1. The summed E-state index contributed by atoms with van der Waals surface area (Å²) in [7, 11) is 3.92. The number of carbonyl (C=O) groups excluding carboxylic acids is 1. The van der Waals surface area contributed by atoms with Crippen molar-refractivity contribution >= 4 is 5.91 Å². The van der Waals surface area contributed by atoms with E-state index in [0.717, 1.165) is 36.6 Å². The number of carbonyl (C=O) groups is 1. The lowest BCUT2D eigenvalue weighted by molar-refractivity contribution is -0.138. The SMILES string of the molecule is Cc1nc(C)n(C2CCCN(C(=O)C(c3ccccc3)N(C)C)C2)n1. The van der Waals surface area contributed by atoms with Crippen LogP contribution in [0.5, 0.6) is 0 Å². The topological polar surface area (TPSA) is 54.3 Å². The number of aromatic nitrogens is 3. The number of likely N-dealkylation sites (tertiary alicyclic amines) is 1. The Bertz CT molecular complexity index is 725. The van der Waals surface area contributed by atoms with E-state index >= 15 is 0 Å². The second-order valence-electron chi connectivity index (χ2n) is 7.01.